The van der Waals surface area contributed by atoms with Crippen molar-refractivity contribution in [3.8, 4) is 0 Å². The molecule has 2 amide bonds. The van der Waals surface area contributed by atoms with Crippen LogP contribution in [0.5, 0.6) is 0 Å². The molecular formula is C26H24FN3O4S. The van der Waals surface area contributed by atoms with Crippen molar-refractivity contribution in [2.45, 2.75) is 23.8 Å². The van der Waals surface area contributed by atoms with Gasteiger partial charge in [-0.15, -0.1) is 0 Å². The first-order valence-corrected chi connectivity index (χ1v) is 12.8. The molecule has 180 valence electrons. The van der Waals surface area contributed by atoms with Gasteiger partial charge in [0.2, 0.25) is 15.9 Å². The molecule has 2 aliphatic rings. The minimum atomic E-state index is -3.62. The van der Waals surface area contributed by atoms with Gasteiger partial charge >= 0.3 is 0 Å². The molecule has 1 fully saturated rings. The van der Waals surface area contributed by atoms with E-state index in [1.54, 1.807) is 0 Å². The van der Waals surface area contributed by atoms with Crippen LogP contribution < -0.4 is 5.32 Å². The molecule has 7 nitrogen and oxygen atoms in total. The zero-order valence-electron chi connectivity index (χ0n) is 18.9. The maximum Gasteiger partial charge on any atom is 0.255 e. The Morgan fingerprint density at radius 1 is 0.943 bits per heavy atom. The zero-order chi connectivity index (χ0) is 24.6. The average molecular weight is 494 g/mol. The van der Waals surface area contributed by atoms with Gasteiger partial charge in [0.15, 0.2) is 0 Å². The highest BCUT2D eigenvalue weighted by molar-refractivity contribution is 7.89. The summed E-state index contributed by atoms with van der Waals surface area (Å²) >= 11 is 0. The molecule has 0 spiro atoms. The highest BCUT2D eigenvalue weighted by Crippen LogP contribution is 2.37. The summed E-state index contributed by atoms with van der Waals surface area (Å²) in [6.45, 7) is 0.726. The number of carbonyl (C=O) groups is 2. The van der Waals surface area contributed by atoms with E-state index in [0.29, 0.717) is 24.3 Å². The van der Waals surface area contributed by atoms with Crippen molar-refractivity contribution < 1.29 is 22.4 Å². The number of sulfonamides is 1. The molecule has 1 saturated heterocycles. The summed E-state index contributed by atoms with van der Waals surface area (Å²) < 4.78 is 41.4. The zero-order valence-corrected chi connectivity index (χ0v) is 19.7. The quantitative estimate of drug-likeness (QED) is 0.599. The van der Waals surface area contributed by atoms with Crippen LogP contribution in [0.2, 0.25) is 0 Å². The van der Waals surface area contributed by atoms with E-state index in [4.69, 9.17) is 0 Å². The van der Waals surface area contributed by atoms with Crippen molar-refractivity contribution in [2.75, 3.05) is 25.0 Å². The molecule has 1 atom stereocenters. The molecule has 1 N–H and O–H groups in total. The fourth-order valence-corrected chi connectivity index (χ4v) is 6.19. The van der Waals surface area contributed by atoms with Crippen molar-refractivity contribution in [2.24, 2.45) is 0 Å². The Balaban J connectivity index is 1.54. The van der Waals surface area contributed by atoms with Crippen molar-refractivity contribution in [3.63, 3.8) is 0 Å². The number of hydrogen-bond acceptors (Lipinski definition) is 4. The number of hydrogen-bond donors (Lipinski definition) is 1. The number of anilines is 1. The molecule has 5 rings (SSSR count). The van der Waals surface area contributed by atoms with Gasteiger partial charge in [-0.3, -0.25) is 9.59 Å². The Hall–Kier alpha value is -3.56. The molecule has 2 heterocycles. The predicted molar refractivity (Wildman–Crippen MR) is 129 cm³/mol. The van der Waals surface area contributed by atoms with Crippen LogP contribution >= 0.6 is 0 Å². The summed E-state index contributed by atoms with van der Waals surface area (Å²) in [5, 5.41) is 2.76. The molecule has 0 bridgehead atoms. The number of fused-ring (bicyclic) bond motifs is 1. The van der Waals surface area contributed by atoms with Crippen molar-refractivity contribution in [3.05, 3.63) is 95.3 Å². The van der Waals surface area contributed by atoms with Crippen LogP contribution in [0.4, 0.5) is 10.1 Å². The number of nitrogens with one attached hydrogen (secondary N) is 1. The fourth-order valence-electron chi connectivity index (χ4n) is 4.67. The summed E-state index contributed by atoms with van der Waals surface area (Å²) in [4.78, 5) is 27.9. The summed E-state index contributed by atoms with van der Waals surface area (Å²) in [5.41, 5.74) is 1.85. The van der Waals surface area contributed by atoms with E-state index in [9.17, 15) is 22.4 Å². The van der Waals surface area contributed by atoms with Crippen molar-refractivity contribution in [1.29, 1.82) is 0 Å². The molecule has 3 aromatic carbocycles. The molecule has 9 heteroatoms. The number of amides is 2. The molecule has 0 radical (unpaired) electrons. The number of halogens is 1. The molecule has 0 saturated carbocycles. The number of rotatable bonds is 4. The van der Waals surface area contributed by atoms with Gasteiger partial charge in [0.25, 0.3) is 5.91 Å². The summed E-state index contributed by atoms with van der Waals surface area (Å²) in [6, 6.07) is 18.2. The normalized spacial score (nSPS) is 18.6. The minimum absolute atomic E-state index is 0.122. The van der Waals surface area contributed by atoms with E-state index in [1.807, 2.05) is 30.3 Å². The van der Waals surface area contributed by atoms with E-state index in [2.05, 4.69) is 5.32 Å². The number of carbonyl (C=O) groups excluding carboxylic acids is 2. The van der Waals surface area contributed by atoms with Gasteiger partial charge in [-0.2, -0.15) is 4.31 Å². The van der Waals surface area contributed by atoms with Gasteiger partial charge in [0, 0.05) is 29.9 Å². The van der Waals surface area contributed by atoms with E-state index in [-0.39, 0.29) is 17.0 Å². The SMILES string of the molecule is O=C1CN(C(=O)c2ccc(S(=O)(=O)N3CCCC3)cc2)[C@@H](c2ccccc2)c2cc(F)ccc2N1. The third kappa shape index (κ3) is 4.44. The summed E-state index contributed by atoms with van der Waals surface area (Å²) in [7, 11) is -3.62. The monoisotopic (exact) mass is 493 g/mol. The lowest BCUT2D eigenvalue weighted by Crippen LogP contribution is -2.39. The molecule has 35 heavy (non-hydrogen) atoms. The number of nitrogens with zero attached hydrogens (tertiary/aromatic N) is 2. The van der Waals surface area contributed by atoms with Gasteiger partial charge in [-0.05, 0) is 60.9 Å². The maximum atomic E-state index is 14.3. The molecule has 0 aliphatic carbocycles. The smallest absolute Gasteiger partial charge is 0.255 e. The van der Waals surface area contributed by atoms with Crippen LogP contribution in [0, 0.1) is 5.82 Å². The fraction of sp³-hybridized carbons (Fsp3) is 0.231. The Bertz CT molecular complexity index is 1370. The molecular weight excluding hydrogens is 469 g/mol. The van der Waals surface area contributed by atoms with Crippen LogP contribution in [0.25, 0.3) is 0 Å². The van der Waals surface area contributed by atoms with E-state index in [0.717, 1.165) is 18.4 Å². The van der Waals surface area contributed by atoms with E-state index < -0.39 is 33.7 Å². The Morgan fingerprint density at radius 2 is 1.63 bits per heavy atom. The summed E-state index contributed by atoms with van der Waals surface area (Å²) in [5.74, 6) is -1.35. The molecule has 2 aliphatic heterocycles. The predicted octanol–water partition coefficient (Wildman–Crippen LogP) is 3.79. The minimum Gasteiger partial charge on any atom is -0.324 e. The van der Waals surface area contributed by atoms with Gasteiger partial charge in [0.1, 0.15) is 12.4 Å². The van der Waals surface area contributed by atoms with Crippen LogP contribution in [-0.4, -0.2) is 49.1 Å². The summed E-state index contributed by atoms with van der Waals surface area (Å²) in [6.07, 6.45) is 1.66. The number of benzene rings is 3. The molecule has 0 aromatic heterocycles. The molecule has 3 aromatic rings. The van der Waals surface area contributed by atoms with E-state index >= 15 is 0 Å². The first kappa shape index (κ1) is 23.2. The second kappa shape index (κ2) is 9.24. The average Bonchev–Trinajstić information content (AvgIpc) is 3.37. The van der Waals surface area contributed by atoms with Crippen LogP contribution in [0.3, 0.4) is 0 Å². The lowest BCUT2D eigenvalue weighted by molar-refractivity contribution is -0.117. The lowest BCUT2D eigenvalue weighted by Gasteiger charge is -2.30. The van der Waals surface area contributed by atoms with Gasteiger partial charge in [-0.1, -0.05) is 30.3 Å². The third-order valence-electron chi connectivity index (χ3n) is 6.39. The van der Waals surface area contributed by atoms with Gasteiger partial charge < -0.3 is 10.2 Å². The third-order valence-corrected chi connectivity index (χ3v) is 8.30. The van der Waals surface area contributed by atoms with Gasteiger partial charge in [0.05, 0.1) is 10.9 Å². The second-order valence-electron chi connectivity index (χ2n) is 8.66. The Labute approximate surface area is 203 Å². The second-order valence-corrected chi connectivity index (χ2v) is 10.6. The Morgan fingerprint density at radius 3 is 2.31 bits per heavy atom. The highest BCUT2D eigenvalue weighted by Gasteiger charge is 2.34. The largest absolute Gasteiger partial charge is 0.324 e. The van der Waals surface area contributed by atoms with Crippen LogP contribution in [0.1, 0.15) is 40.4 Å². The first-order valence-electron chi connectivity index (χ1n) is 11.4. The topological polar surface area (TPSA) is 86.8 Å². The standard InChI is InChI=1S/C26H24FN3O4S/c27-20-10-13-23-22(16-20)25(18-6-2-1-3-7-18)30(17-24(31)28-23)26(32)19-8-11-21(12-9-19)35(33,34)29-14-4-5-15-29/h1-3,6-13,16,25H,4-5,14-15,17H2,(H,28,31)/t25-/m0/s1. The highest BCUT2D eigenvalue weighted by atomic mass is 32.2. The Kier molecular flexibility index (Phi) is 6.12. The maximum absolute atomic E-state index is 14.3. The first-order chi connectivity index (χ1) is 16.8. The van der Waals surface area contributed by atoms with Crippen molar-refractivity contribution >= 4 is 27.5 Å². The van der Waals surface area contributed by atoms with Crippen LogP contribution in [-0.2, 0) is 14.8 Å². The van der Waals surface area contributed by atoms with Gasteiger partial charge in [-0.25, -0.2) is 12.8 Å². The van der Waals surface area contributed by atoms with Crippen molar-refractivity contribution in [1.82, 2.24) is 9.21 Å². The molecule has 0 unspecified atom stereocenters. The lowest BCUT2D eigenvalue weighted by atomic mass is 9.95. The van der Waals surface area contributed by atoms with E-state index in [1.165, 1.54) is 51.7 Å². The van der Waals surface area contributed by atoms with Crippen LogP contribution in [0.15, 0.2) is 77.7 Å².